The molecule has 5 heteroatoms. The molecular formula is C22H35B2NO2. The van der Waals surface area contributed by atoms with Crippen LogP contribution in [-0.4, -0.2) is 49.7 Å². The minimum Gasteiger partial charge on any atom is -0.399 e. The van der Waals surface area contributed by atoms with Crippen molar-refractivity contribution in [3.63, 3.8) is 0 Å². The maximum Gasteiger partial charge on any atom is 0.222 e. The molecule has 4 fully saturated rings. The van der Waals surface area contributed by atoms with Crippen LogP contribution in [0, 0.1) is 34.5 Å². The number of amides is 1. The maximum absolute atomic E-state index is 12.5. The van der Waals surface area contributed by atoms with Crippen LogP contribution in [0.25, 0.3) is 0 Å². The van der Waals surface area contributed by atoms with Crippen LogP contribution >= 0.6 is 0 Å². The van der Waals surface area contributed by atoms with E-state index in [4.69, 9.17) is 15.7 Å². The second kappa shape index (κ2) is 6.28. The largest absolute Gasteiger partial charge is 0.399 e. The Morgan fingerprint density at radius 1 is 1.22 bits per heavy atom. The van der Waals surface area contributed by atoms with Crippen LogP contribution in [0.15, 0.2) is 0 Å². The fourth-order valence-electron chi connectivity index (χ4n) is 8.69. The summed E-state index contributed by atoms with van der Waals surface area (Å²) in [6.45, 7) is 9.59. The fraction of sp³-hybridized carbons (Fsp3) is 0.955. The zero-order chi connectivity index (χ0) is 19.8. The van der Waals surface area contributed by atoms with Crippen molar-refractivity contribution in [3.05, 3.63) is 0 Å². The van der Waals surface area contributed by atoms with E-state index in [1.807, 2.05) is 0 Å². The first-order chi connectivity index (χ1) is 12.6. The Labute approximate surface area is 167 Å². The van der Waals surface area contributed by atoms with Crippen molar-refractivity contribution in [1.82, 2.24) is 4.90 Å². The first kappa shape index (κ1) is 19.9. The van der Waals surface area contributed by atoms with Gasteiger partial charge in [0.05, 0.1) is 7.85 Å². The van der Waals surface area contributed by atoms with Crippen molar-refractivity contribution in [3.8, 4) is 0 Å². The minimum absolute atomic E-state index is 0.0248. The SMILES string of the molecule is [B]C(C)C1CCC2C3CCC4N(CC)C(=O)CC[C@]4(C)C3[C@@]([B])(O)C[C@]12C. The van der Waals surface area contributed by atoms with Crippen LogP contribution in [-0.2, 0) is 4.79 Å². The molecule has 0 aromatic rings. The third-order valence-electron chi connectivity index (χ3n) is 9.43. The molecule has 27 heavy (non-hydrogen) atoms. The van der Waals surface area contributed by atoms with Gasteiger partial charge in [0.2, 0.25) is 5.91 Å². The van der Waals surface area contributed by atoms with Crippen LogP contribution in [0.2, 0.25) is 5.82 Å². The van der Waals surface area contributed by atoms with Crippen molar-refractivity contribution in [1.29, 1.82) is 0 Å². The second-order valence-corrected chi connectivity index (χ2v) is 10.7. The molecule has 1 saturated heterocycles. The summed E-state index contributed by atoms with van der Waals surface area (Å²) < 4.78 is 0. The van der Waals surface area contributed by atoms with Crippen molar-refractivity contribution in [2.45, 2.75) is 90.0 Å². The lowest BCUT2D eigenvalue weighted by molar-refractivity contribution is -0.197. The van der Waals surface area contributed by atoms with E-state index in [0.717, 1.165) is 32.2 Å². The van der Waals surface area contributed by atoms with Gasteiger partial charge in [-0.15, -0.1) is 0 Å². The summed E-state index contributed by atoms with van der Waals surface area (Å²) in [6, 6.07) is 0.218. The highest BCUT2D eigenvalue weighted by atomic mass is 16.3. The highest BCUT2D eigenvalue weighted by molar-refractivity contribution is 6.15. The lowest BCUT2D eigenvalue weighted by atomic mass is 9.38. The van der Waals surface area contributed by atoms with Gasteiger partial charge in [-0.05, 0) is 73.5 Å². The Morgan fingerprint density at radius 2 is 1.93 bits per heavy atom. The minimum atomic E-state index is -1.18. The number of carbonyl (C=O) groups excluding carboxylic acids is 1. The number of carbonyl (C=O) groups is 1. The van der Waals surface area contributed by atoms with Crippen LogP contribution in [0.1, 0.15) is 72.6 Å². The number of piperidine rings is 1. The van der Waals surface area contributed by atoms with E-state index < -0.39 is 5.50 Å². The Hall–Kier alpha value is -0.440. The van der Waals surface area contributed by atoms with E-state index in [1.165, 1.54) is 6.42 Å². The van der Waals surface area contributed by atoms with E-state index in [2.05, 4.69) is 32.6 Å². The van der Waals surface area contributed by atoms with Crippen molar-refractivity contribution in [2.75, 3.05) is 6.54 Å². The summed E-state index contributed by atoms with van der Waals surface area (Å²) in [5.41, 5.74) is -1.25. The summed E-state index contributed by atoms with van der Waals surface area (Å²) in [5.74, 6) is 1.95. The average Bonchev–Trinajstić information content (AvgIpc) is 2.90. The molecule has 3 aliphatic carbocycles. The topological polar surface area (TPSA) is 40.5 Å². The van der Waals surface area contributed by atoms with Gasteiger partial charge in [0, 0.05) is 24.5 Å². The molecular weight excluding hydrogens is 332 g/mol. The molecule has 1 N–H and O–H groups in total. The van der Waals surface area contributed by atoms with Gasteiger partial charge in [0.1, 0.15) is 7.85 Å². The Morgan fingerprint density at radius 3 is 2.56 bits per heavy atom. The van der Waals surface area contributed by atoms with E-state index in [0.29, 0.717) is 30.6 Å². The maximum atomic E-state index is 12.5. The van der Waals surface area contributed by atoms with E-state index in [9.17, 15) is 9.90 Å². The van der Waals surface area contributed by atoms with Crippen LogP contribution < -0.4 is 0 Å². The van der Waals surface area contributed by atoms with E-state index in [-0.39, 0.29) is 34.5 Å². The molecule has 0 spiro atoms. The number of hydrogen-bond donors (Lipinski definition) is 1. The highest BCUT2D eigenvalue weighted by Gasteiger charge is 2.66. The fourth-order valence-corrected chi connectivity index (χ4v) is 8.69. The Bertz CT molecular complexity index is 623. The van der Waals surface area contributed by atoms with Crippen molar-refractivity contribution < 1.29 is 9.90 Å². The number of likely N-dealkylation sites (tertiary alicyclic amines) is 1. The van der Waals surface area contributed by atoms with Gasteiger partial charge >= 0.3 is 0 Å². The smallest absolute Gasteiger partial charge is 0.222 e. The van der Waals surface area contributed by atoms with Crippen molar-refractivity contribution >= 4 is 21.6 Å². The molecule has 1 heterocycles. The predicted molar refractivity (Wildman–Crippen MR) is 110 cm³/mol. The van der Waals surface area contributed by atoms with E-state index in [1.54, 1.807) is 0 Å². The standard InChI is InChI=1S/C22H35B2NO2/c1-5-25-17-9-6-14-16-8-7-15(13(2)23)21(16,4)12-22(24,27)19(14)20(17,3)11-10-18(25)26/h13-17,19,27H,5-12H2,1-4H3/t13?,14?,15?,16?,17?,19?,20-,21+,22-/m0/s1. The molecule has 146 valence electrons. The summed E-state index contributed by atoms with van der Waals surface area (Å²) in [4.78, 5) is 14.6. The molecule has 0 aromatic heterocycles. The predicted octanol–water partition coefficient (Wildman–Crippen LogP) is 3.30. The summed E-state index contributed by atoms with van der Waals surface area (Å²) >= 11 is 0. The number of hydrogen-bond acceptors (Lipinski definition) is 2. The normalized spacial score (nSPS) is 53.4. The van der Waals surface area contributed by atoms with Gasteiger partial charge in [-0.3, -0.25) is 4.79 Å². The van der Waals surface area contributed by atoms with E-state index >= 15 is 0 Å². The molecule has 3 saturated carbocycles. The molecule has 4 rings (SSSR count). The summed E-state index contributed by atoms with van der Waals surface area (Å²) in [5, 5.41) is 11.6. The second-order valence-electron chi connectivity index (χ2n) is 10.7. The van der Waals surface area contributed by atoms with Gasteiger partial charge in [-0.1, -0.05) is 33.0 Å². The monoisotopic (exact) mass is 367 g/mol. The lowest BCUT2D eigenvalue weighted by Crippen LogP contribution is -2.69. The molecule has 1 aliphatic heterocycles. The van der Waals surface area contributed by atoms with Crippen LogP contribution in [0.4, 0.5) is 0 Å². The third kappa shape index (κ3) is 2.62. The van der Waals surface area contributed by atoms with Crippen LogP contribution in [0.3, 0.4) is 0 Å². The van der Waals surface area contributed by atoms with Crippen molar-refractivity contribution in [2.24, 2.45) is 34.5 Å². The molecule has 9 atom stereocenters. The molecule has 1 amide bonds. The quantitative estimate of drug-likeness (QED) is 0.761. The van der Waals surface area contributed by atoms with Gasteiger partial charge in [0.15, 0.2) is 0 Å². The number of fused-ring (bicyclic) bond motifs is 5. The lowest BCUT2D eigenvalue weighted by Gasteiger charge is -2.66. The number of rotatable bonds is 2. The molecule has 0 bridgehead atoms. The van der Waals surface area contributed by atoms with Gasteiger partial charge < -0.3 is 10.0 Å². The molecule has 4 aliphatic rings. The Balaban J connectivity index is 1.74. The zero-order valence-electron chi connectivity index (χ0n) is 17.6. The molecule has 6 unspecified atom stereocenters. The summed E-state index contributed by atoms with van der Waals surface area (Å²) in [6.07, 6.45) is 6.55. The number of aliphatic hydroxyl groups is 1. The molecule has 3 nitrogen and oxygen atoms in total. The average molecular weight is 367 g/mol. The van der Waals surface area contributed by atoms with Gasteiger partial charge in [0.25, 0.3) is 0 Å². The Kier molecular flexibility index (Phi) is 4.62. The van der Waals surface area contributed by atoms with Crippen LogP contribution in [0.5, 0.6) is 0 Å². The first-order valence-electron chi connectivity index (χ1n) is 11.1. The van der Waals surface area contributed by atoms with Gasteiger partial charge in [-0.25, -0.2) is 0 Å². The zero-order valence-corrected chi connectivity index (χ0v) is 17.6. The summed E-state index contributed by atoms with van der Waals surface area (Å²) in [7, 11) is 13.1. The number of nitrogens with zero attached hydrogens (tertiary/aromatic N) is 1. The first-order valence-corrected chi connectivity index (χ1v) is 11.1. The highest BCUT2D eigenvalue weighted by Crippen LogP contribution is 2.69. The third-order valence-corrected chi connectivity index (χ3v) is 9.43. The molecule has 4 radical (unpaired) electrons. The van der Waals surface area contributed by atoms with Gasteiger partial charge in [-0.2, -0.15) is 0 Å². The molecule has 0 aromatic carbocycles.